The van der Waals surface area contributed by atoms with Gasteiger partial charge >= 0.3 is 0 Å². The Morgan fingerprint density at radius 3 is 2.90 bits per heavy atom. The Morgan fingerprint density at radius 1 is 1.30 bits per heavy atom. The van der Waals surface area contributed by atoms with Gasteiger partial charge in [-0.2, -0.15) is 0 Å². The van der Waals surface area contributed by atoms with Gasteiger partial charge in [-0.1, -0.05) is 12.1 Å². The number of nitrogens with one attached hydrogen (secondary N) is 3. The van der Waals surface area contributed by atoms with Crippen LogP contribution in [-0.4, -0.2) is 54.0 Å². The number of carbonyl (C=O) groups is 1. The summed E-state index contributed by atoms with van der Waals surface area (Å²) in [5.41, 5.74) is 3.75. The molecule has 30 heavy (non-hydrogen) atoms. The van der Waals surface area contributed by atoms with Gasteiger partial charge in [0.1, 0.15) is 0 Å². The smallest absolute Gasteiger partial charge is 0.224 e. The number of aromatic nitrogens is 1. The van der Waals surface area contributed by atoms with E-state index in [1.165, 1.54) is 28.5 Å². The van der Waals surface area contributed by atoms with Gasteiger partial charge in [-0.3, -0.25) is 9.79 Å². The molecule has 2 aromatic rings. The SMILES string of the molecule is CCNC(=NCCC(=O)N1CCCCC1C)NCCc1c[nH]c2cc(C)ccc12.I. The molecular formula is C23H36IN5O. The third kappa shape index (κ3) is 6.62. The second-order valence-electron chi connectivity index (χ2n) is 7.98. The second kappa shape index (κ2) is 12.2. The van der Waals surface area contributed by atoms with Crippen LogP contribution in [0.25, 0.3) is 10.9 Å². The number of hydrogen-bond donors (Lipinski definition) is 3. The number of guanidine groups is 1. The molecule has 7 heteroatoms. The van der Waals surface area contributed by atoms with E-state index in [0.717, 1.165) is 44.9 Å². The highest BCUT2D eigenvalue weighted by Gasteiger charge is 2.22. The molecule has 0 aliphatic carbocycles. The van der Waals surface area contributed by atoms with Crippen molar-refractivity contribution in [3.63, 3.8) is 0 Å². The predicted molar refractivity (Wildman–Crippen MR) is 136 cm³/mol. The molecule has 1 unspecified atom stereocenters. The summed E-state index contributed by atoms with van der Waals surface area (Å²) in [6, 6.07) is 6.88. The number of fused-ring (bicyclic) bond motifs is 1. The monoisotopic (exact) mass is 525 g/mol. The summed E-state index contributed by atoms with van der Waals surface area (Å²) in [6.45, 7) is 9.32. The van der Waals surface area contributed by atoms with Crippen molar-refractivity contribution in [1.29, 1.82) is 0 Å². The van der Waals surface area contributed by atoms with Gasteiger partial charge in [0.05, 0.1) is 6.54 Å². The van der Waals surface area contributed by atoms with Crippen LogP contribution in [0, 0.1) is 6.92 Å². The summed E-state index contributed by atoms with van der Waals surface area (Å²) in [5, 5.41) is 7.95. The maximum atomic E-state index is 12.5. The van der Waals surface area contributed by atoms with Crippen LogP contribution in [0.5, 0.6) is 0 Å². The lowest BCUT2D eigenvalue weighted by Crippen LogP contribution is -2.42. The van der Waals surface area contributed by atoms with E-state index >= 15 is 0 Å². The van der Waals surface area contributed by atoms with E-state index in [0.29, 0.717) is 19.0 Å². The number of rotatable bonds is 7. The fraction of sp³-hybridized carbons (Fsp3) is 0.565. The normalized spacial score (nSPS) is 17.0. The predicted octanol–water partition coefficient (Wildman–Crippen LogP) is 3.98. The van der Waals surface area contributed by atoms with Crippen molar-refractivity contribution in [2.45, 2.75) is 58.9 Å². The van der Waals surface area contributed by atoms with E-state index in [9.17, 15) is 4.79 Å². The minimum atomic E-state index is 0. The van der Waals surface area contributed by atoms with Crippen molar-refractivity contribution < 1.29 is 4.79 Å². The first kappa shape index (κ1) is 24.5. The van der Waals surface area contributed by atoms with Crippen molar-refractivity contribution in [2.75, 3.05) is 26.2 Å². The zero-order valence-corrected chi connectivity index (χ0v) is 20.8. The lowest BCUT2D eigenvalue weighted by molar-refractivity contribution is -0.134. The number of H-pyrrole nitrogens is 1. The average Bonchev–Trinajstić information content (AvgIpc) is 3.10. The summed E-state index contributed by atoms with van der Waals surface area (Å²) < 4.78 is 0. The largest absolute Gasteiger partial charge is 0.361 e. The number of carbonyl (C=O) groups excluding carboxylic acids is 1. The number of piperidine rings is 1. The van der Waals surface area contributed by atoms with Gasteiger partial charge in [0.15, 0.2) is 5.96 Å². The third-order valence-electron chi connectivity index (χ3n) is 5.67. The molecule has 1 aliphatic rings. The zero-order valence-electron chi connectivity index (χ0n) is 18.5. The molecule has 3 N–H and O–H groups in total. The van der Waals surface area contributed by atoms with Gasteiger partial charge in [-0.05, 0) is 63.6 Å². The van der Waals surface area contributed by atoms with Crippen molar-refractivity contribution >= 4 is 46.7 Å². The van der Waals surface area contributed by atoms with E-state index in [2.05, 4.69) is 65.8 Å². The number of halogens is 1. The first-order valence-corrected chi connectivity index (χ1v) is 11.0. The summed E-state index contributed by atoms with van der Waals surface area (Å²) in [7, 11) is 0. The molecule has 166 valence electrons. The molecule has 1 atom stereocenters. The van der Waals surface area contributed by atoms with Crippen LogP contribution < -0.4 is 10.6 Å². The Kier molecular flexibility index (Phi) is 9.94. The van der Waals surface area contributed by atoms with Crippen molar-refractivity contribution in [1.82, 2.24) is 20.5 Å². The molecule has 1 amide bonds. The van der Waals surface area contributed by atoms with Crippen molar-refractivity contribution in [3.05, 3.63) is 35.5 Å². The van der Waals surface area contributed by atoms with Crippen LogP contribution in [0.15, 0.2) is 29.4 Å². The highest BCUT2D eigenvalue weighted by Crippen LogP contribution is 2.20. The summed E-state index contributed by atoms with van der Waals surface area (Å²) in [6.07, 6.45) is 6.95. The average molecular weight is 525 g/mol. The number of nitrogens with zero attached hydrogens (tertiary/aromatic N) is 2. The molecule has 3 rings (SSSR count). The van der Waals surface area contributed by atoms with E-state index in [1.54, 1.807) is 0 Å². The van der Waals surface area contributed by atoms with Crippen LogP contribution in [0.4, 0.5) is 0 Å². The van der Waals surface area contributed by atoms with Crippen LogP contribution in [0.2, 0.25) is 0 Å². The first-order valence-electron chi connectivity index (χ1n) is 11.0. The Balaban J connectivity index is 0.00000320. The number of aromatic amines is 1. The maximum Gasteiger partial charge on any atom is 0.224 e. The number of benzene rings is 1. The fourth-order valence-electron chi connectivity index (χ4n) is 4.04. The van der Waals surface area contributed by atoms with E-state index in [1.807, 2.05) is 4.90 Å². The first-order chi connectivity index (χ1) is 14.1. The Labute approximate surface area is 197 Å². The molecule has 0 bridgehead atoms. The topological polar surface area (TPSA) is 72.5 Å². The zero-order chi connectivity index (χ0) is 20.6. The summed E-state index contributed by atoms with van der Waals surface area (Å²) >= 11 is 0. The lowest BCUT2D eigenvalue weighted by Gasteiger charge is -2.33. The lowest BCUT2D eigenvalue weighted by atomic mass is 10.0. The molecule has 0 radical (unpaired) electrons. The van der Waals surface area contributed by atoms with Gasteiger partial charge in [-0.25, -0.2) is 0 Å². The quantitative estimate of drug-likeness (QED) is 0.291. The number of hydrogen-bond acceptors (Lipinski definition) is 2. The number of aliphatic imine (C=N–C) groups is 1. The van der Waals surface area contributed by atoms with Gasteiger partial charge in [-0.15, -0.1) is 24.0 Å². The Bertz CT molecular complexity index is 847. The highest BCUT2D eigenvalue weighted by atomic mass is 127. The van der Waals surface area contributed by atoms with Gasteiger partial charge < -0.3 is 20.5 Å². The Hall–Kier alpha value is -1.77. The minimum Gasteiger partial charge on any atom is -0.361 e. The van der Waals surface area contributed by atoms with Crippen LogP contribution in [0.3, 0.4) is 0 Å². The molecule has 1 aromatic heterocycles. The van der Waals surface area contributed by atoms with Gasteiger partial charge in [0, 0.05) is 49.2 Å². The Morgan fingerprint density at radius 2 is 2.13 bits per heavy atom. The van der Waals surface area contributed by atoms with Crippen LogP contribution in [-0.2, 0) is 11.2 Å². The fourth-order valence-corrected chi connectivity index (χ4v) is 4.04. The molecule has 2 heterocycles. The van der Waals surface area contributed by atoms with Crippen molar-refractivity contribution in [2.24, 2.45) is 4.99 Å². The molecule has 0 spiro atoms. The highest BCUT2D eigenvalue weighted by molar-refractivity contribution is 14.0. The summed E-state index contributed by atoms with van der Waals surface area (Å²) in [5.74, 6) is 1.01. The molecule has 6 nitrogen and oxygen atoms in total. The number of aryl methyl sites for hydroxylation is 1. The van der Waals surface area contributed by atoms with Crippen LogP contribution in [0.1, 0.15) is 50.7 Å². The molecular weight excluding hydrogens is 489 g/mol. The van der Waals surface area contributed by atoms with Crippen LogP contribution >= 0.6 is 24.0 Å². The maximum absolute atomic E-state index is 12.5. The van der Waals surface area contributed by atoms with E-state index in [4.69, 9.17) is 0 Å². The van der Waals surface area contributed by atoms with E-state index in [-0.39, 0.29) is 29.9 Å². The minimum absolute atomic E-state index is 0. The molecule has 1 fully saturated rings. The van der Waals surface area contributed by atoms with E-state index < -0.39 is 0 Å². The standard InChI is InChI=1S/C23H35N5O.HI/c1-4-24-23(26-13-11-22(29)28-14-6-5-7-18(28)3)25-12-10-19-16-27-21-15-17(2)8-9-20(19)21;/h8-9,15-16,18,27H,4-7,10-14H2,1-3H3,(H2,24,25,26);1H. The molecule has 0 saturated carbocycles. The molecule has 1 saturated heterocycles. The van der Waals surface area contributed by atoms with Gasteiger partial charge in [0.2, 0.25) is 5.91 Å². The van der Waals surface area contributed by atoms with Crippen molar-refractivity contribution in [3.8, 4) is 0 Å². The second-order valence-corrected chi connectivity index (χ2v) is 7.98. The molecule has 1 aliphatic heterocycles. The third-order valence-corrected chi connectivity index (χ3v) is 5.67. The molecule has 1 aromatic carbocycles. The van der Waals surface area contributed by atoms with Gasteiger partial charge in [0.25, 0.3) is 0 Å². The number of likely N-dealkylation sites (tertiary alicyclic amines) is 1. The number of amides is 1. The summed E-state index contributed by atoms with van der Waals surface area (Å²) in [4.78, 5) is 22.5.